The number of nitrogen functional groups attached to an aromatic ring is 1. The Morgan fingerprint density at radius 1 is 1.21 bits per heavy atom. The van der Waals surface area contributed by atoms with E-state index < -0.39 is 6.10 Å². The van der Waals surface area contributed by atoms with Crippen molar-refractivity contribution in [3.63, 3.8) is 0 Å². The van der Waals surface area contributed by atoms with E-state index in [9.17, 15) is 5.11 Å². The predicted octanol–water partition coefficient (Wildman–Crippen LogP) is 2.96. The van der Waals surface area contributed by atoms with Gasteiger partial charge in [-0.05, 0) is 26.0 Å². The molecule has 1 aromatic carbocycles. The molecular formula is C16H26N2O. The Bertz CT molecular complexity index is 386. The summed E-state index contributed by atoms with van der Waals surface area (Å²) in [7, 11) is 2.12. The fraction of sp³-hybridized carbons (Fsp3) is 0.625. The summed E-state index contributed by atoms with van der Waals surface area (Å²) >= 11 is 0. The topological polar surface area (TPSA) is 49.5 Å². The number of hydrogen-bond acceptors (Lipinski definition) is 3. The molecule has 0 amide bonds. The Morgan fingerprint density at radius 3 is 2.47 bits per heavy atom. The first kappa shape index (κ1) is 14.4. The molecule has 0 radical (unpaired) electrons. The van der Waals surface area contributed by atoms with Crippen LogP contribution in [0.15, 0.2) is 24.3 Å². The average molecular weight is 262 g/mol. The molecule has 2 rings (SSSR count). The van der Waals surface area contributed by atoms with Crippen LogP contribution in [0.25, 0.3) is 0 Å². The van der Waals surface area contributed by atoms with Crippen molar-refractivity contribution < 1.29 is 5.11 Å². The lowest BCUT2D eigenvalue weighted by molar-refractivity contribution is 0.0995. The quantitative estimate of drug-likeness (QED) is 0.648. The number of rotatable bonds is 4. The number of nitrogens with zero attached hydrogens (tertiary/aromatic N) is 1. The Morgan fingerprint density at radius 2 is 1.84 bits per heavy atom. The fourth-order valence-electron chi connectivity index (χ4n) is 3.03. The molecule has 1 atom stereocenters. The van der Waals surface area contributed by atoms with Crippen molar-refractivity contribution in [1.82, 2.24) is 4.90 Å². The van der Waals surface area contributed by atoms with Crippen molar-refractivity contribution >= 4 is 5.69 Å². The van der Waals surface area contributed by atoms with Gasteiger partial charge in [-0.25, -0.2) is 0 Å². The SMILES string of the molecule is CN(CC(O)c1ccccc1N)C1CCCCCC1. The summed E-state index contributed by atoms with van der Waals surface area (Å²) in [5.41, 5.74) is 7.46. The summed E-state index contributed by atoms with van der Waals surface area (Å²) in [6.07, 6.45) is 7.38. The number of para-hydroxylation sites is 1. The van der Waals surface area contributed by atoms with Crippen LogP contribution in [0.1, 0.15) is 50.2 Å². The summed E-state index contributed by atoms with van der Waals surface area (Å²) in [4.78, 5) is 2.31. The van der Waals surface area contributed by atoms with Gasteiger partial charge in [0.1, 0.15) is 0 Å². The van der Waals surface area contributed by atoms with Gasteiger partial charge in [-0.3, -0.25) is 0 Å². The third kappa shape index (κ3) is 3.95. The third-order valence-electron chi connectivity index (χ3n) is 4.26. The van der Waals surface area contributed by atoms with E-state index in [1.807, 2.05) is 24.3 Å². The molecule has 1 aliphatic carbocycles. The van der Waals surface area contributed by atoms with Gasteiger partial charge in [-0.15, -0.1) is 0 Å². The maximum Gasteiger partial charge on any atom is 0.0936 e. The number of nitrogens with two attached hydrogens (primary N) is 1. The zero-order valence-electron chi connectivity index (χ0n) is 11.9. The molecule has 1 aromatic rings. The van der Waals surface area contributed by atoms with Gasteiger partial charge in [0, 0.05) is 23.8 Å². The molecule has 0 aliphatic heterocycles. The van der Waals surface area contributed by atoms with Crippen LogP contribution in [0.2, 0.25) is 0 Å². The first-order valence-electron chi connectivity index (χ1n) is 7.41. The van der Waals surface area contributed by atoms with Crippen LogP contribution in [-0.4, -0.2) is 29.6 Å². The van der Waals surface area contributed by atoms with Gasteiger partial charge in [0.15, 0.2) is 0 Å². The maximum atomic E-state index is 10.4. The second-order valence-corrected chi connectivity index (χ2v) is 5.73. The van der Waals surface area contributed by atoms with Crippen LogP contribution < -0.4 is 5.73 Å². The first-order valence-corrected chi connectivity index (χ1v) is 7.41. The lowest BCUT2D eigenvalue weighted by Crippen LogP contribution is -2.34. The van der Waals surface area contributed by atoms with Gasteiger partial charge in [-0.2, -0.15) is 0 Å². The lowest BCUT2D eigenvalue weighted by atomic mass is 10.0. The van der Waals surface area contributed by atoms with Gasteiger partial charge < -0.3 is 15.7 Å². The van der Waals surface area contributed by atoms with Crippen LogP contribution in [0, 0.1) is 0 Å². The molecule has 0 spiro atoms. The van der Waals surface area contributed by atoms with Crippen LogP contribution in [0.3, 0.4) is 0 Å². The molecule has 1 unspecified atom stereocenters. The van der Waals surface area contributed by atoms with E-state index in [1.165, 1.54) is 38.5 Å². The zero-order valence-corrected chi connectivity index (χ0v) is 11.9. The molecule has 0 heterocycles. The van der Waals surface area contributed by atoms with Crippen molar-refractivity contribution in [2.75, 3.05) is 19.3 Å². The first-order chi connectivity index (χ1) is 9.18. The minimum Gasteiger partial charge on any atom is -0.398 e. The molecule has 1 saturated carbocycles. The number of likely N-dealkylation sites (N-methyl/N-ethyl adjacent to an activating group) is 1. The molecule has 106 valence electrons. The third-order valence-corrected chi connectivity index (χ3v) is 4.26. The fourth-order valence-corrected chi connectivity index (χ4v) is 3.03. The highest BCUT2D eigenvalue weighted by Gasteiger charge is 2.20. The summed E-state index contributed by atoms with van der Waals surface area (Å²) < 4.78 is 0. The van der Waals surface area contributed by atoms with E-state index in [2.05, 4.69) is 11.9 Å². The van der Waals surface area contributed by atoms with Crippen LogP contribution >= 0.6 is 0 Å². The van der Waals surface area contributed by atoms with Crippen LogP contribution in [-0.2, 0) is 0 Å². The van der Waals surface area contributed by atoms with Gasteiger partial charge in [0.05, 0.1) is 6.10 Å². The molecule has 1 aliphatic rings. The largest absolute Gasteiger partial charge is 0.398 e. The van der Waals surface area contributed by atoms with E-state index in [1.54, 1.807) is 0 Å². The second-order valence-electron chi connectivity index (χ2n) is 5.73. The molecule has 3 N–H and O–H groups in total. The average Bonchev–Trinajstić information content (AvgIpc) is 2.68. The van der Waals surface area contributed by atoms with E-state index >= 15 is 0 Å². The van der Waals surface area contributed by atoms with Gasteiger partial charge >= 0.3 is 0 Å². The molecule has 0 aromatic heterocycles. The summed E-state index contributed by atoms with van der Waals surface area (Å²) in [5.74, 6) is 0. The molecular weight excluding hydrogens is 236 g/mol. The molecule has 19 heavy (non-hydrogen) atoms. The summed E-state index contributed by atoms with van der Waals surface area (Å²) in [6.45, 7) is 0.666. The number of aliphatic hydroxyl groups is 1. The highest BCUT2D eigenvalue weighted by molar-refractivity contribution is 5.47. The summed E-state index contributed by atoms with van der Waals surface area (Å²) in [6, 6.07) is 8.22. The zero-order chi connectivity index (χ0) is 13.7. The molecule has 3 nitrogen and oxygen atoms in total. The highest BCUT2D eigenvalue weighted by atomic mass is 16.3. The predicted molar refractivity (Wildman–Crippen MR) is 79.9 cm³/mol. The van der Waals surface area contributed by atoms with Crippen molar-refractivity contribution in [3.8, 4) is 0 Å². The molecule has 0 bridgehead atoms. The smallest absolute Gasteiger partial charge is 0.0936 e. The Hall–Kier alpha value is -1.06. The van der Waals surface area contributed by atoms with Crippen molar-refractivity contribution in [2.24, 2.45) is 0 Å². The Labute approximate surface area is 116 Å². The van der Waals surface area contributed by atoms with E-state index in [-0.39, 0.29) is 0 Å². The normalized spacial score (nSPS) is 19.3. The van der Waals surface area contributed by atoms with E-state index in [4.69, 9.17) is 5.73 Å². The number of benzene rings is 1. The number of anilines is 1. The number of hydrogen-bond donors (Lipinski definition) is 2. The molecule has 3 heteroatoms. The minimum atomic E-state index is -0.491. The van der Waals surface area contributed by atoms with Crippen molar-refractivity contribution in [3.05, 3.63) is 29.8 Å². The van der Waals surface area contributed by atoms with Crippen LogP contribution in [0.5, 0.6) is 0 Å². The monoisotopic (exact) mass is 262 g/mol. The van der Waals surface area contributed by atoms with Gasteiger partial charge in [0.25, 0.3) is 0 Å². The number of aliphatic hydroxyl groups excluding tert-OH is 1. The highest BCUT2D eigenvalue weighted by Crippen LogP contribution is 2.25. The maximum absolute atomic E-state index is 10.4. The van der Waals surface area contributed by atoms with Gasteiger partial charge in [0.2, 0.25) is 0 Å². The minimum absolute atomic E-state index is 0.491. The van der Waals surface area contributed by atoms with E-state index in [0.717, 1.165) is 5.56 Å². The molecule has 1 fully saturated rings. The van der Waals surface area contributed by atoms with Crippen LogP contribution in [0.4, 0.5) is 5.69 Å². The van der Waals surface area contributed by atoms with Gasteiger partial charge in [-0.1, -0.05) is 43.9 Å². The summed E-state index contributed by atoms with van der Waals surface area (Å²) in [5, 5.41) is 10.4. The standard InChI is InChI=1S/C16H26N2O/c1-18(13-8-4-2-3-5-9-13)12-16(19)14-10-6-7-11-15(14)17/h6-7,10-11,13,16,19H,2-5,8-9,12,17H2,1H3. The lowest BCUT2D eigenvalue weighted by Gasteiger charge is -2.29. The van der Waals surface area contributed by atoms with Crippen molar-refractivity contribution in [2.45, 2.75) is 50.7 Å². The molecule has 0 saturated heterocycles. The van der Waals surface area contributed by atoms with E-state index in [0.29, 0.717) is 18.3 Å². The van der Waals surface area contributed by atoms with Crippen molar-refractivity contribution in [1.29, 1.82) is 0 Å². The Kier molecular flexibility index (Phi) is 5.23. The second kappa shape index (κ2) is 6.92. The Balaban J connectivity index is 1.94.